The minimum atomic E-state index is -0.415. The number of aryl methyl sites for hydroxylation is 2. The lowest BCUT2D eigenvalue weighted by Crippen LogP contribution is -2.29. The number of furan rings is 1. The number of nitro groups is 1. The molecule has 5 rings (SSSR count). The molecule has 0 spiro atoms. The number of benzene rings is 2. The Balaban J connectivity index is 1.57. The number of nitro benzene ring substituents is 1. The van der Waals surface area contributed by atoms with Crippen LogP contribution in [0, 0.1) is 24.0 Å². The summed E-state index contributed by atoms with van der Waals surface area (Å²) < 4.78 is 6.32. The molecule has 34 heavy (non-hydrogen) atoms. The van der Waals surface area contributed by atoms with Crippen molar-refractivity contribution in [2.24, 2.45) is 0 Å². The lowest BCUT2D eigenvalue weighted by Gasteiger charge is -2.26. The quantitative estimate of drug-likeness (QED) is 0.216. The third-order valence-electron chi connectivity index (χ3n) is 6.15. The lowest BCUT2D eigenvalue weighted by molar-refractivity contribution is -0.384. The average molecular weight is 471 g/mol. The van der Waals surface area contributed by atoms with Crippen molar-refractivity contribution in [1.29, 1.82) is 0 Å². The first-order chi connectivity index (χ1) is 16.4. The van der Waals surface area contributed by atoms with Crippen LogP contribution < -0.4 is 10.2 Å². The second-order valence-electron chi connectivity index (χ2n) is 8.27. The van der Waals surface area contributed by atoms with Gasteiger partial charge in [0, 0.05) is 29.6 Å². The van der Waals surface area contributed by atoms with Gasteiger partial charge in [-0.3, -0.25) is 15.1 Å². The van der Waals surface area contributed by atoms with Gasteiger partial charge in [-0.15, -0.1) is 0 Å². The molecular formula is C26H22N4O3S. The Kier molecular flexibility index (Phi) is 5.59. The summed E-state index contributed by atoms with van der Waals surface area (Å²) in [6.07, 6.45) is 1.76. The zero-order chi connectivity index (χ0) is 23.8. The molecule has 7 nitrogen and oxygen atoms in total. The topological polar surface area (TPSA) is 84.4 Å². The highest BCUT2D eigenvalue weighted by Crippen LogP contribution is 2.43. The third kappa shape index (κ3) is 3.92. The number of hydrogen-bond acceptors (Lipinski definition) is 5. The number of nitrogens with one attached hydrogen (secondary N) is 1. The van der Waals surface area contributed by atoms with Crippen molar-refractivity contribution in [2.75, 3.05) is 4.90 Å². The van der Waals surface area contributed by atoms with Gasteiger partial charge in [0.05, 0.1) is 16.7 Å². The van der Waals surface area contributed by atoms with Crippen molar-refractivity contribution >= 4 is 28.7 Å². The second kappa shape index (κ2) is 8.72. The van der Waals surface area contributed by atoms with Crippen LogP contribution >= 0.6 is 12.2 Å². The molecule has 4 aromatic rings. The van der Waals surface area contributed by atoms with E-state index < -0.39 is 4.92 Å². The van der Waals surface area contributed by atoms with Crippen LogP contribution in [0.3, 0.4) is 0 Å². The van der Waals surface area contributed by atoms with Crippen LogP contribution in [0.4, 0.5) is 11.4 Å². The zero-order valence-corrected chi connectivity index (χ0v) is 19.5. The number of aromatic nitrogens is 1. The van der Waals surface area contributed by atoms with Gasteiger partial charge in [0.15, 0.2) is 5.11 Å². The summed E-state index contributed by atoms with van der Waals surface area (Å²) in [5, 5.41) is 15.0. The SMILES string of the molecule is Cc1ccc(N2C(=S)NC(c3ccccn3)C2c2ccc(-c3ccc([N+](=O)[O-])cc3)o2)cc1C. The van der Waals surface area contributed by atoms with Crippen LogP contribution in [0.5, 0.6) is 0 Å². The normalized spacial score (nSPS) is 17.6. The van der Waals surface area contributed by atoms with E-state index in [1.165, 1.54) is 23.3 Å². The summed E-state index contributed by atoms with van der Waals surface area (Å²) in [5.74, 6) is 1.34. The fraction of sp³-hybridized carbons (Fsp3) is 0.154. The van der Waals surface area contributed by atoms with E-state index in [2.05, 4.69) is 47.2 Å². The minimum absolute atomic E-state index is 0.0389. The van der Waals surface area contributed by atoms with E-state index in [-0.39, 0.29) is 17.8 Å². The fourth-order valence-corrected chi connectivity index (χ4v) is 4.56. The van der Waals surface area contributed by atoms with Crippen LogP contribution in [0.2, 0.25) is 0 Å². The number of anilines is 1. The number of rotatable bonds is 5. The predicted molar refractivity (Wildman–Crippen MR) is 135 cm³/mol. The van der Waals surface area contributed by atoms with E-state index in [4.69, 9.17) is 16.6 Å². The molecule has 1 saturated heterocycles. The molecule has 2 aromatic carbocycles. The summed E-state index contributed by atoms with van der Waals surface area (Å²) in [4.78, 5) is 17.2. The maximum absolute atomic E-state index is 11.0. The monoisotopic (exact) mass is 470 g/mol. The van der Waals surface area contributed by atoms with Gasteiger partial charge in [0.25, 0.3) is 5.69 Å². The highest BCUT2D eigenvalue weighted by atomic mass is 32.1. The lowest BCUT2D eigenvalue weighted by atomic mass is 10.0. The Morgan fingerprint density at radius 3 is 2.50 bits per heavy atom. The third-order valence-corrected chi connectivity index (χ3v) is 6.46. The van der Waals surface area contributed by atoms with E-state index in [0.717, 1.165) is 22.7 Å². The largest absolute Gasteiger partial charge is 0.459 e. The highest BCUT2D eigenvalue weighted by Gasteiger charge is 2.42. The van der Waals surface area contributed by atoms with Gasteiger partial charge < -0.3 is 14.6 Å². The zero-order valence-electron chi connectivity index (χ0n) is 18.6. The molecule has 1 aliphatic rings. The van der Waals surface area contributed by atoms with Crippen LogP contribution in [0.15, 0.2) is 83.4 Å². The van der Waals surface area contributed by atoms with Crippen LogP contribution in [0.1, 0.15) is 34.7 Å². The molecule has 0 saturated carbocycles. The van der Waals surface area contributed by atoms with Crippen LogP contribution in [0.25, 0.3) is 11.3 Å². The molecule has 1 fully saturated rings. The molecule has 1 N–H and O–H groups in total. The van der Waals surface area contributed by atoms with Crippen molar-refractivity contribution in [3.05, 3.63) is 112 Å². The Morgan fingerprint density at radius 1 is 1.03 bits per heavy atom. The fourth-order valence-electron chi connectivity index (χ4n) is 4.21. The molecule has 170 valence electrons. The summed E-state index contributed by atoms with van der Waals surface area (Å²) in [6, 6.07) is 21.7. The van der Waals surface area contributed by atoms with Gasteiger partial charge in [-0.2, -0.15) is 0 Å². The molecule has 0 amide bonds. The van der Waals surface area contributed by atoms with E-state index in [1.807, 2.05) is 30.3 Å². The molecule has 1 aliphatic heterocycles. The molecular weight excluding hydrogens is 448 g/mol. The number of non-ortho nitro benzene ring substituents is 1. The highest BCUT2D eigenvalue weighted by molar-refractivity contribution is 7.80. The molecule has 0 aliphatic carbocycles. The van der Waals surface area contributed by atoms with Crippen molar-refractivity contribution in [2.45, 2.75) is 25.9 Å². The van der Waals surface area contributed by atoms with Crippen LogP contribution in [-0.4, -0.2) is 15.0 Å². The molecule has 0 bridgehead atoms. The molecule has 3 heterocycles. The molecule has 8 heteroatoms. The Labute approximate surface area is 202 Å². The summed E-state index contributed by atoms with van der Waals surface area (Å²) >= 11 is 5.77. The Bertz CT molecular complexity index is 1370. The van der Waals surface area contributed by atoms with Crippen molar-refractivity contribution in [1.82, 2.24) is 10.3 Å². The molecule has 2 atom stereocenters. The van der Waals surface area contributed by atoms with Crippen molar-refractivity contribution in [3.8, 4) is 11.3 Å². The average Bonchev–Trinajstić information content (AvgIpc) is 3.46. The number of hydrogen-bond donors (Lipinski definition) is 1. The van der Waals surface area contributed by atoms with Crippen LogP contribution in [-0.2, 0) is 0 Å². The van der Waals surface area contributed by atoms with Gasteiger partial charge in [0.2, 0.25) is 0 Å². The van der Waals surface area contributed by atoms with E-state index in [1.54, 1.807) is 18.3 Å². The number of nitrogens with zero attached hydrogens (tertiary/aromatic N) is 3. The first kappa shape index (κ1) is 21.8. The van der Waals surface area contributed by atoms with Gasteiger partial charge in [0.1, 0.15) is 17.6 Å². The van der Waals surface area contributed by atoms with E-state index in [9.17, 15) is 10.1 Å². The maximum Gasteiger partial charge on any atom is 0.269 e. The number of thiocarbonyl (C=S) groups is 1. The standard InChI is InChI=1S/C26H22N4O3S/c1-16-6-9-20(15-17(16)2)29-25(24(28-26(29)34)21-5-3-4-14-27-21)23-13-12-22(33-23)18-7-10-19(11-8-18)30(31)32/h3-15,24-25H,1-2H3,(H,28,34). The molecule has 2 unspecified atom stereocenters. The van der Waals surface area contributed by atoms with Gasteiger partial charge in [-0.1, -0.05) is 12.1 Å². The summed E-state index contributed by atoms with van der Waals surface area (Å²) in [7, 11) is 0. The Hall–Kier alpha value is -4.04. The van der Waals surface area contributed by atoms with Crippen molar-refractivity contribution < 1.29 is 9.34 Å². The van der Waals surface area contributed by atoms with Gasteiger partial charge >= 0.3 is 0 Å². The molecule has 2 aromatic heterocycles. The van der Waals surface area contributed by atoms with E-state index in [0.29, 0.717) is 10.9 Å². The van der Waals surface area contributed by atoms with Gasteiger partial charge in [-0.25, -0.2) is 0 Å². The summed E-state index contributed by atoms with van der Waals surface area (Å²) in [6.45, 7) is 4.16. The predicted octanol–water partition coefficient (Wildman–Crippen LogP) is 6.04. The van der Waals surface area contributed by atoms with E-state index >= 15 is 0 Å². The minimum Gasteiger partial charge on any atom is -0.459 e. The first-order valence-corrected chi connectivity index (χ1v) is 11.3. The maximum atomic E-state index is 11.0. The van der Waals surface area contributed by atoms with Crippen molar-refractivity contribution in [3.63, 3.8) is 0 Å². The Morgan fingerprint density at radius 2 is 1.82 bits per heavy atom. The first-order valence-electron chi connectivity index (χ1n) is 10.8. The van der Waals surface area contributed by atoms with Gasteiger partial charge in [-0.05, 0) is 85.7 Å². The number of pyridine rings is 1. The second-order valence-corrected chi connectivity index (χ2v) is 8.66. The smallest absolute Gasteiger partial charge is 0.269 e. The summed E-state index contributed by atoms with van der Waals surface area (Å²) in [5.41, 5.74) is 5.01. The molecule has 0 radical (unpaired) electrons.